The molecule has 0 aliphatic carbocycles. The Morgan fingerprint density at radius 1 is 0.933 bits per heavy atom. The van der Waals surface area contributed by atoms with E-state index < -0.39 is 8.15 Å². The molecule has 0 bridgehead atoms. The summed E-state index contributed by atoms with van der Waals surface area (Å²) >= 11 is 0. The summed E-state index contributed by atoms with van der Waals surface area (Å²) in [4.78, 5) is 8.16. The van der Waals surface area contributed by atoms with Gasteiger partial charge in [0, 0.05) is 105 Å². The summed E-state index contributed by atoms with van der Waals surface area (Å²) in [5, 5.41) is 0. The second-order valence-corrected chi connectivity index (χ2v) is 6.18. The molecule has 15 heavy (non-hydrogen) atoms. The molecule has 0 aliphatic rings. The fraction of sp³-hybridized carbons (Fsp3) is 0.714. The van der Waals surface area contributed by atoms with E-state index in [9.17, 15) is 0 Å². The third-order valence-electron chi connectivity index (χ3n) is 0.408. The van der Waals surface area contributed by atoms with Crippen LogP contribution in [0.15, 0.2) is 0 Å². The van der Waals surface area contributed by atoms with E-state index in [-0.39, 0.29) is 128 Å². The Balaban J connectivity index is -0.00000000785. The monoisotopic (exact) mass is 615 g/mol. The zero-order valence-corrected chi connectivity index (χ0v) is 22.9. The molecule has 0 saturated heterocycles. The van der Waals surface area contributed by atoms with Gasteiger partial charge in [-0.2, -0.15) is 0 Å². The average Bonchev–Trinajstić information content (AvgIpc) is 1.65. The number of rotatable bonds is 1. The van der Waals surface area contributed by atoms with Crippen LogP contribution >= 0.6 is 16.3 Å². The van der Waals surface area contributed by atoms with Crippen LogP contribution in [0.4, 0.5) is 0 Å². The van der Waals surface area contributed by atoms with E-state index in [1.54, 1.807) is 7.11 Å². The smallest absolute Gasteiger partial charge is 0.126 e. The van der Waals surface area contributed by atoms with Gasteiger partial charge < -0.3 is 14.9 Å². The zero-order valence-electron chi connectivity index (χ0n) is 10.9. The zero-order chi connectivity index (χ0) is 7.86. The Labute approximate surface area is 176 Å². The third kappa shape index (κ3) is 123. The Morgan fingerprint density at radius 3 is 1.00 bits per heavy atom. The van der Waals surface area contributed by atoms with Gasteiger partial charge in [0.05, 0.1) is 33.8 Å². The van der Waals surface area contributed by atoms with Crippen LogP contribution < -0.4 is 0 Å². The summed E-state index contributed by atoms with van der Waals surface area (Å²) < 4.78 is 4.85. The molecule has 1 N–H and O–H groups in total. The molecular formula is C7H24O2P2VWY2. The van der Waals surface area contributed by atoms with Crippen LogP contribution in [0.25, 0.3) is 0 Å². The van der Waals surface area contributed by atoms with Crippen LogP contribution in [0.1, 0.15) is 0 Å². The van der Waals surface area contributed by atoms with Gasteiger partial charge in [-0.25, -0.2) is 4.52 Å². The molecule has 0 fully saturated rings. The Hall–Kier alpha value is 4.26. The van der Waals surface area contributed by atoms with Crippen LogP contribution in [0.3, 0.4) is 0 Å². The molecule has 0 aromatic heterocycles. The summed E-state index contributed by atoms with van der Waals surface area (Å²) in [5.41, 5.74) is 0. The third-order valence-corrected chi connectivity index (χ3v) is 1.22. The minimum atomic E-state index is -0.880. The molecule has 0 unspecified atom stereocenters. The molecule has 0 spiro atoms. The summed E-state index contributed by atoms with van der Waals surface area (Å²) in [7, 11) is 0.491. The largest absolute Gasteiger partial charge is 0.358 e. The van der Waals surface area contributed by atoms with E-state index in [1.807, 2.05) is 13.3 Å². The molecule has 0 atom stereocenters. The van der Waals surface area contributed by atoms with Crippen LogP contribution in [0.5, 0.6) is 0 Å². The van der Waals surface area contributed by atoms with Crippen molar-refractivity contribution < 1.29 is 114 Å². The molecule has 91 valence electrons. The maximum Gasteiger partial charge on any atom is 0.126 e. The van der Waals surface area contributed by atoms with Crippen LogP contribution in [0.2, 0.25) is 0 Å². The van der Waals surface area contributed by atoms with Crippen LogP contribution in [-0.4, -0.2) is 38.7 Å². The maximum absolute atomic E-state index is 8.16. The van der Waals surface area contributed by atoms with E-state index in [4.69, 9.17) is 9.42 Å². The Kier molecular flexibility index (Phi) is 145. The molecule has 0 rings (SSSR count). The first-order chi connectivity index (χ1) is 4.00. The average molecular weight is 615 g/mol. The second-order valence-electron chi connectivity index (χ2n) is 2.06. The summed E-state index contributed by atoms with van der Waals surface area (Å²) in [5.74, 6) is 0. The van der Waals surface area contributed by atoms with Gasteiger partial charge >= 0.3 is 0 Å². The van der Waals surface area contributed by atoms with Gasteiger partial charge in [0.2, 0.25) is 0 Å². The van der Waals surface area contributed by atoms with Gasteiger partial charge in [-0.1, -0.05) is 0 Å². The van der Waals surface area contributed by atoms with Gasteiger partial charge in [-0.15, -0.1) is 0 Å². The molecular weight excluding hydrogens is 591 g/mol. The SMILES string of the molecule is CO[PH+](C)C.C[PH+](C)O.[CH3-].[CH3-].[V].[W].[Y].[Y]. The van der Waals surface area contributed by atoms with Gasteiger partial charge in [-0.3, -0.25) is 4.89 Å². The van der Waals surface area contributed by atoms with Crippen molar-refractivity contribution in [2.45, 2.75) is 0 Å². The van der Waals surface area contributed by atoms with Crippen molar-refractivity contribution in [2.75, 3.05) is 33.8 Å². The van der Waals surface area contributed by atoms with Crippen molar-refractivity contribution in [1.29, 1.82) is 0 Å². The summed E-state index contributed by atoms with van der Waals surface area (Å²) in [6.45, 7) is 7.85. The normalized spacial score (nSPS) is 5.60. The van der Waals surface area contributed by atoms with E-state index in [0.717, 1.165) is 0 Å². The standard InChI is InChI=1S/C3H9OP.C2H7OP.2CH3.V.W.2Y/c1-4-5(2)3;1-4(2)3;;;;;;/h1-3H3;3H,1-2H3;2*1H3;;;;/q;;2*-1;;;;/p+2. The first-order valence-corrected chi connectivity index (χ1v) is 7.69. The first-order valence-electron chi connectivity index (χ1n) is 2.84. The summed E-state index contributed by atoms with van der Waals surface area (Å²) in [6.07, 6.45) is 0. The van der Waals surface area contributed by atoms with Crippen molar-refractivity contribution in [2.24, 2.45) is 0 Å². The van der Waals surface area contributed by atoms with Gasteiger partial charge in [0.15, 0.2) is 0 Å². The minimum Gasteiger partial charge on any atom is -0.358 e. The first kappa shape index (κ1) is 50.6. The van der Waals surface area contributed by atoms with Crippen LogP contribution in [-0.2, 0) is 110 Å². The molecule has 3 radical (unpaired) electrons. The van der Waals surface area contributed by atoms with E-state index >= 15 is 0 Å². The van der Waals surface area contributed by atoms with Crippen molar-refractivity contribution in [3.8, 4) is 0 Å². The number of hydrogen-bond donors (Lipinski definition) is 1. The van der Waals surface area contributed by atoms with Gasteiger partial charge in [0.25, 0.3) is 0 Å². The quantitative estimate of drug-likeness (QED) is 0.363. The van der Waals surface area contributed by atoms with Gasteiger partial charge in [0.1, 0.15) is 16.3 Å². The van der Waals surface area contributed by atoms with Crippen molar-refractivity contribution in [1.82, 2.24) is 0 Å². The summed E-state index contributed by atoms with van der Waals surface area (Å²) in [6, 6.07) is 0. The predicted molar refractivity (Wildman–Crippen MR) is 62.4 cm³/mol. The predicted octanol–water partition coefficient (Wildman–Crippen LogP) is 2.28. The van der Waals surface area contributed by atoms with E-state index in [1.165, 1.54) is 0 Å². The van der Waals surface area contributed by atoms with Crippen molar-refractivity contribution >= 4 is 16.3 Å². The number of hydrogen-bond acceptors (Lipinski definition) is 2. The van der Waals surface area contributed by atoms with E-state index in [0.29, 0.717) is 0 Å². The maximum atomic E-state index is 8.16. The van der Waals surface area contributed by atoms with Gasteiger partial charge in [-0.05, 0) is 0 Å². The van der Waals surface area contributed by atoms with E-state index in [2.05, 4.69) is 13.3 Å². The molecule has 8 heteroatoms. The fourth-order valence-electron chi connectivity index (χ4n) is 0. The van der Waals surface area contributed by atoms with Crippen molar-refractivity contribution in [3.05, 3.63) is 14.9 Å². The molecule has 0 heterocycles. The molecule has 0 saturated carbocycles. The van der Waals surface area contributed by atoms with Crippen molar-refractivity contribution in [3.63, 3.8) is 0 Å². The topological polar surface area (TPSA) is 29.5 Å². The second kappa shape index (κ2) is 42.9. The molecule has 0 aliphatic heterocycles. The molecule has 2 nitrogen and oxygen atoms in total. The minimum absolute atomic E-state index is 0. The fourth-order valence-corrected chi connectivity index (χ4v) is 0. The Morgan fingerprint density at radius 2 is 1.00 bits per heavy atom. The van der Waals surface area contributed by atoms with Crippen LogP contribution in [0, 0.1) is 14.9 Å². The molecule has 0 aromatic carbocycles. The Bertz CT molecular complexity index is 65.5. The molecule has 0 amide bonds. The molecule has 0 aromatic rings.